The molecule has 0 heterocycles. The molecule has 0 radical (unpaired) electrons. The topological polar surface area (TPSA) is 29.1 Å². The zero-order chi connectivity index (χ0) is 10.7. The van der Waals surface area contributed by atoms with Crippen LogP contribution in [0.5, 0.6) is 0 Å². The summed E-state index contributed by atoms with van der Waals surface area (Å²) in [6.07, 6.45) is 0. The third-order valence-corrected chi connectivity index (χ3v) is 3.31. The third kappa shape index (κ3) is 3.07. The minimum atomic E-state index is -0.207. The standard InChI is InChI=1S/C9H8Br3NO/c1-5(10)9(14)13-8-6(11)3-2-4-7(8)12/h2-5H,1H3,(H,13,14). The SMILES string of the molecule is CC(Br)C(=O)Nc1c(Br)cccc1Br. The number of hydrogen-bond donors (Lipinski definition) is 1. The van der Waals surface area contributed by atoms with Crippen molar-refractivity contribution in [2.75, 3.05) is 5.32 Å². The van der Waals surface area contributed by atoms with Gasteiger partial charge < -0.3 is 5.32 Å². The van der Waals surface area contributed by atoms with Gasteiger partial charge in [0.15, 0.2) is 0 Å². The first kappa shape index (κ1) is 12.2. The molecule has 0 aliphatic heterocycles. The highest BCUT2D eigenvalue weighted by Gasteiger charge is 2.12. The minimum absolute atomic E-state index is 0.0717. The summed E-state index contributed by atoms with van der Waals surface area (Å²) in [5, 5.41) is 2.80. The average molecular weight is 386 g/mol. The second-order valence-electron chi connectivity index (χ2n) is 2.70. The second-order valence-corrected chi connectivity index (χ2v) is 5.78. The van der Waals surface area contributed by atoms with Crippen molar-refractivity contribution < 1.29 is 4.79 Å². The summed E-state index contributed by atoms with van der Waals surface area (Å²) < 4.78 is 1.71. The molecule has 1 aromatic rings. The van der Waals surface area contributed by atoms with Gasteiger partial charge in [-0.2, -0.15) is 0 Å². The van der Waals surface area contributed by atoms with Crippen LogP contribution >= 0.6 is 47.8 Å². The Balaban J connectivity index is 2.91. The highest BCUT2D eigenvalue weighted by molar-refractivity contribution is 9.11. The Labute approximate surface area is 108 Å². The van der Waals surface area contributed by atoms with Crippen LogP contribution in [0.25, 0.3) is 0 Å². The average Bonchev–Trinajstić information content (AvgIpc) is 2.11. The van der Waals surface area contributed by atoms with Gasteiger partial charge in [-0.25, -0.2) is 0 Å². The van der Waals surface area contributed by atoms with Gasteiger partial charge in [0.1, 0.15) is 0 Å². The molecule has 0 spiro atoms. The fourth-order valence-corrected chi connectivity index (χ4v) is 2.15. The summed E-state index contributed by atoms with van der Waals surface area (Å²) in [6.45, 7) is 1.78. The number of carbonyl (C=O) groups is 1. The Hall–Kier alpha value is 0.130. The van der Waals surface area contributed by atoms with E-state index in [1.54, 1.807) is 6.92 Å². The monoisotopic (exact) mass is 383 g/mol. The third-order valence-electron chi connectivity index (χ3n) is 1.57. The van der Waals surface area contributed by atoms with Crippen molar-refractivity contribution in [1.82, 2.24) is 0 Å². The van der Waals surface area contributed by atoms with Crippen LogP contribution in [0.3, 0.4) is 0 Å². The van der Waals surface area contributed by atoms with Gasteiger partial charge in [-0.05, 0) is 50.9 Å². The van der Waals surface area contributed by atoms with Crippen LogP contribution in [-0.2, 0) is 4.79 Å². The maximum Gasteiger partial charge on any atom is 0.237 e. The van der Waals surface area contributed by atoms with Crippen molar-refractivity contribution in [3.8, 4) is 0 Å². The van der Waals surface area contributed by atoms with E-state index in [2.05, 4.69) is 53.1 Å². The molecule has 76 valence electrons. The number of anilines is 1. The van der Waals surface area contributed by atoms with Crippen LogP contribution in [0.1, 0.15) is 6.92 Å². The van der Waals surface area contributed by atoms with E-state index >= 15 is 0 Å². The fourth-order valence-electron chi connectivity index (χ4n) is 0.840. The molecule has 0 aromatic heterocycles. The first-order valence-electron chi connectivity index (χ1n) is 3.91. The maximum atomic E-state index is 11.4. The Bertz CT molecular complexity index is 332. The van der Waals surface area contributed by atoms with Crippen LogP contribution < -0.4 is 5.32 Å². The van der Waals surface area contributed by atoms with E-state index in [9.17, 15) is 4.79 Å². The van der Waals surface area contributed by atoms with Crippen LogP contribution in [0.2, 0.25) is 0 Å². The lowest BCUT2D eigenvalue weighted by molar-refractivity contribution is -0.115. The largest absolute Gasteiger partial charge is 0.323 e. The van der Waals surface area contributed by atoms with Gasteiger partial charge in [0, 0.05) is 8.95 Å². The number of alkyl halides is 1. The van der Waals surface area contributed by atoms with Gasteiger partial charge >= 0.3 is 0 Å². The number of carbonyl (C=O) groups excluding carboxylic acids is 1. The van der Waals surface area contributed by atoms with Crippen molar-refractivity contribution in [3.05, 3.63) is 27.1 Å². The van der Waals surface area contributed by atoms with Gasteiger partial charge in [-0.3, -0.25) is 4.79 Å². The van der Waals surface area contributed by atoms with Crippen LogP contribution in [0.15, 0.2) is 27.1 Å². The van der Waals surface area contributed by atoms with Crippen LogP contribution in [-0.4, -0.2) is 10.7 Å². The molecule has 1 amide bonds. The van der Waals surface area contributed by atoms with E-state index in [4.69, 9.17) is 0 Å². The van der Waals surface area contributed by atoms with Gasteiger partial charge in [-0.15, -0.1) is 0 Å². The van der Waals surface area contributed by atoms with Gasteiger partial charge in [0.2, 0.25) is 5.91 Å². The molecule has 0 saturated heterocycles. The fraction of sp³-hybridized carbons (Fsp3) is 0.222. The molecule has 0 saturated carbocycles. The number of hydrogen-bond acceptors (Lipinski definition) is 1. The van der Waals surface area contributed by atoms with E-state index in [1.807, 2.05) is 18.2 Å². The van der Waals surface area contributed by atoms with E-state index in [0.717, 1.165) is 14.6 Å². The summed E-state index contributed by atoms with van der Waals surface area (Å²) in [5.41, 5.74) is 0.754. The highest BCUT2D eigenvalue weighted by atomic mass is 79.9. The molecular formula is C9H8Br3NO. The number of amides is 1. The van der Waals surface area contributed by atoms with Gasteiger partial charge in [0.05, 0.1) is 10.5 Å². The molecule has 14 heavy (non-hydrogen) atoms. The normalized spacial score (nSPS) is 12.3. The lowest BCUT2D eigenvalue weighted by Gasteiger charge is -2.10. The molecular weight excluding hydrogens is 378 g/mol. The lowest BCUT2D eigenvalue weighted by Crippen LogP contribution is -2.20. The number of nitrogens with one attached hydrogen (secondary N) is 1. The minimum Gasteiger partial charge on any atom is -0.323 e. The Morgan fingerprint density at radius 1 is 1.36 bits per heavy atom. The summed E-state index contributed by atoms with van der Waals surface area (Å²) in [7, 11) is 0. The molecule has 1 rings (SSSR count). The molecule has 1 aromatic carbocycles. The molecule has 0 bridgehead atoms. The quantitative estimate of drug-likeness (QED) is 0.768. The van der Waals surface area contributed by atoms with Crippen molar-refractivity contribution in [2.24, 2.45) is 0 Å². The Morgan fingerprint density at radius 2 is 1.86 bits per heavy atom. The molecule has 1 unspecified atom stereocenters. The smallest absolute Gasteiger partial charge is 0.237 e. The number of para-hydroxylation sites is 1. The number of halogens is 3. The van der Waals surface area contributed by atoms with Crippen LogP contribution in [0, 0.1) is 0 Å². The van der Waals surface area contributed by atoms with Crippen molar-refractivity contribution in [2.45, 2.75) is 11.8 Å². The zero-order valence-electron chi connectivity index (χ0n) is 7.35. The second kappa shape index (κ2) is 5.28. The zero-order valence-corrected chi connectivity index (χ0v) is 12.1. The molecule has 1 N–H and O–H groups in total. The summed E-state index contributed by atoms with van der Waals surface area (Å²) in [4.78, 5) is 11.2. The van der Waals surface area contributed by atoms with Crippen molar-refractivity contribution >= 4 is 59.4 Å². The number of rotatable bonds is 2. The molecule has 1 atom stereocenters. The first-order valence-corrected chi connectivity index (χ1v) is 6.41. The molecule has 0 fully saturated rings. The Morgan fingerprint density at radius 3 is 2.29 bits per heavy atom. The molecule has 2 nitrogen and oxygen atoms in total. The summed E-state index contributed by atoms with van der Waals surface area (Å²) in [5.74, 6) is -0.0717. The Kier molecular flexibility index (Phi) is 4.60. The summed E-state index contributed by atoms with van der Waals surface area (Å²) >= 11 is 9.93. The van der Waals surface area contributed by atoms with E-state index < -0.39 is 0 Å². The molecule has 0 aliphatic carbocycles. The van der Waals surface area contributed by atoms with E-state index in [0.29, 0.717) is 0 Å². The lowest BCUT2D eigenvalue weighted by atomic mass is 10.3. The first-order chi connectivity index (χ1) is 6.52. The van der Waals surface area contributed by atoms with Gasteiger partial charge in [0.25, 0.3) is 0 Å². The molecule has 5 heteroatoms. The number of benzene rings is 1. The van der Waals surface area contributed by atoms with Gasteiger partial charge in [-0.1, -0.05) is 22.0 Å². The predicted octanol–water partition coefficient (Wildman–Crippen LogP) is 3.93. The van der Waals surface area contributed by atoms with Crippen LogP contribution in [0.4, 0.5) is 5.69 Å². The van der Waals surface area contributed by atoms with E-state index in [-0.39, 0.29) is 10.7 Å². The van der Waals surface area contributed by atoms with Crippen molar-refractivity contribution in [3.63, 3.8) is 0 Å². The summed E-state index contributed by atoms with van der Waals surface area (Å²) in [6, 6.07) is 5.64. The molecule has 0 aliphatic rings. The van der Waals surface area contributed by atoms with E-state index in [1.165, 1.54) is 0 Å². The highest BCUT2D eigenvalue weighted by Crippen LogP contribution is 2.30. The maximum absolute atomic E-state index is 11.4. The van der Waals surface area contributed by atoms with Crippen molar-refractivity contribution in [1.29, 1.82) is 0 Å². The predicted molar refractivity (Wildman–Crippen MR) is 68.9 cm³/mol.